The minimum absolute atomic E-state index is 0.173. The van der Waals surface area contributed by atoms with Gasteiger partial charge in [-0.15, -0.1) is 0 Å². The Bertz CT molecular complexity index is 541. The molecular formula is C14H20N2O. The van der Waals surface area contributed by atoms with Crippen LogP contribution in [0.25, 0.3) is 10.9 Å². The summed E-state index contributed by atoms with van der Waals surface area (Å²) < 4.78 is 7.57. The standard InChI is InChI=1S/C14H20N2O/c1-9-5-12-11(7-10(2)15)8-16(3)14(12)13(6-9)17-4/h5-6,8,10H,7,15H2,1-4H3. The molecule has 1 aromatic carbocycles. The number of aromatic nitrogens is 1. The van der Waals surface area contributed by atoms with E-state index in [4.69, 9.17) is 10.5 Å². The molecule has 1 atom stereocenters. The quantitative estimate of drug-likeness (QED) is 0.882. The van der Waals surface area contributed by atoms with Gasteiger partial charge in [0.1, 0.15) is 5.75 Å². The third-order valence-electron chi connectivity index (χ3n) is 3.03. The number of methoxy groups -OCH3 is 1. The summed E-state index contributed by atoms with van der Waals surface area (Å²) in [7, 11) is 3.76. The molecule has 1 aromatic heterocycles. The van der Waals surface area contributed by atoms with Gasteiger partial charge in [0.05, 0.1) is 12.6 Å². The molecule has 3 heteroatoms. The predicted octanol–water partition coefficient (Wildman–Crippen LogP) is 2.39. The van der Waals surface area contributed by atoms with E-state index in [2.05, 4.69) is 29.8 Å². The highest BCUT2D eigenvalue weighted by Gasteiger charge is 2.12. The predicted molar refractivity (Wildman–Crippen MR) is 71.6 cm³/mol. The number of ether oxygens (including phenoxy) is 1. The summed E-state index contributed by atoms with van der Waals surface area (Å²) >= 11 is 0. The molecule has 2 rings (SSSR count). The molecule has 0 saturated carbocycles. The number of nitrogens with zero attached hydrogens (tertiary/aromatic N) is 1. The molecule has 0 fully saturated rings. The highest BCUT2D eigenvalue weighted by molar-refractivity contribution is 5.90. The minimum atomic E-state index is 0.173. The first-order valence-electron chi connectivity index (χ1n) is 5.91. The molecule has 0 saturated heterocycles. The second-order valence-corrected chi connectivity index (χ2v) is 4.81. The Kier molecular flexibility index (Phi) is 3.11. The van der Waals surface area contributed by atoms with Crippen molar-refractivity contribution in [2.75, 3.05) is 7.11 Å². The van der Waals surface area contributed by atoms with Crippen molar-refractivity contribution in [3.63, 3.8) is 0 Å². The normalized spacial score (nSPS) is 13.0. The second-order valence-electron chi connectivity index (χ2n) is 4.81. The van der Waals surface area contributed by atoms with Crippen molar-refractivity contribution in [3.8, 4) is 5.75 Å². The number of hydrogen-bond acceptors (Lipinski definition) is 2. The average molecular weight is 232 g/mol. The molecule has 0 aliphatic heterocycles. The first-order valence-corrected chi connectivity index (χ1v) is 5.91. The lowest BCUT2D eigenvalue weighted by molar-refractivity contribution is 0.417. The molecule has 2 aromatic rings. The Morgan fingerprint density at radius 2 is 2.12 bits per heavy atom. The lowest BCUT2D eigenvalue weighted by Crippen LogP contribution is -2.17. The van der Waals surface area contributed by atoms with Crippen LogP contribution in [0.3, 0.4) is 0 Å². The summed E-state index contributed by atoms with van der Waals surface area (Å²) in [5.41, 5.74) is 9.55. The molecule has 0 bridgehead atoms. The van der Waals surface area contributed by atoms with E-state index in [1.54, 1.807) is 7.11 Å². The maximum Gasteiger partial charge on any atom is 0.143 e. The highest BCUT2D eigenvalue weighted by Crippen LogP contribution is 2.31. The van der Waals surface area contributed by atoms with Gasteiger partial charge in [-0.3, -0.25) is 0 Å². The molecular weight excluding hydrogens is 212 g/mol. The van der Waals surface area contributed by atoms with Crippen molar-refractivity contribution in [2.45, 2.75) is 26.3 Å². The Labute approximate surface area is 102 Å². The lowest BCUT2D eigenvalue weighted by Gasteiger charge is -2.07. The molecule has 1 unspecified atom stereocenters. The van der Waals surface area contributed by atoms with Crippen LogP contribution >= 0.6 is 0 Å². The van der Waals surface area contributed by atoms with E-state index in [-0.39, 0.29) is 6.04 Å². The fraction of sp³-hybridized carbons (Fsp3) is 0.429. The van der Waals surface area contributed by atoms with Crippen molar-refractivity contribution < 1.29 is 4.74 Å². The number of rotatable bonds is 3. The molecule has 0 radical (unpaired) electrons. The molecule has 3 nitrogen and oxygen atoms in total. The Morgan fingerprint density at radius 1 is 1.41 bits per heavy atom. The Balaban J connectivity index is 2.68. The number of aryl methyl sites for hydroxylation is 2. The van der Waals surface area contributed by atoms with Crippen LogP contribution in [-0.2, 0) is 13.5 Å². The van der Waals surface area contributed by atoms with Crippen LogP contribution < -0.4 is 10.5 Å². The monoisotopic (exact) mass is 232 g/mol. The molecule has 0 aliphatic carbocycles. The van der Waals surface area contributed by atoms with Crippen molar-refractivity contribution in [3.05, 3.63) is 29.5 Å². The first-order chi connectivity index (χ1) is 8.02. The van der Waals surface area contributed by atoms with E-state index >= 15 is 0 Å². The zero-order valence-corrected chi connectivity index (χ0v) is 10.9. The molecule has 0 spiro atoms. The number of benzene rings is 1. The number of hydrogen-bond donors (Lipinski definition) is 1. The van der Waals surface area contributed by atoms with Gasteiger partial charge in [-0.25, -0.2) is 0 Å². The molecule has 1 heterocycles. The number of fused-ring (bicyclic) bond motifs is 1. The van der Waals surface area contributed by atoms with Crippen molar-refractivity contribution >= 4 is 10.9 Å². The van der Waals surface area contributed by atoms with Gasteiger partial charge in [0, 0.05) is 24.7 Å². The largest absolute Gasteiger partial charge is 0.495 e. The van der Waals surface area contributed by atoms with Gasteiger partial charge in [0.2, 0.25) is 0 Å². The van der Waals surface area contributed by atoms with Crippen molar-refractivity contribution in [2.24, 2.45) is 12.8 Å². The lowest BCUT2D eigenvalue weighted by atomic mass is 10.0. The van der Waals surface area contributed by atoms with Crippen LogP contribution in [0.1, 0.15) is 18.1 Å². The van der Waals surface area contributed by atoms with Crippen LogP contribution in [0.4, 0.5) is 0 Å². The topological polar surface area (TPSA) is 40.2 Å². The van der Waals surface area contributed by atoms with E-state index in [1.165, 1.54) is 16.5 Å². The fourth-order valence-corrected chi connectivity index (χ4v) is 2.39. The molecule has 0 amide bonds. The average Bonchev–Trinajstić information content (AvgIpc) is 2.54. The highest BCUT2D eigenvalue weighted by atomic mass is 16.5. The summed E-state index contributed by atoms with van der Waals surface area (Å²) in [6, 6.07) is 4.44. The Morgan fingerprint density at radius 3 is 2.71 bits per heavy atom. The summed E-state index contributed by atoms with van der Waals surface area (Å²) in [6.07, 6.45) is 3.04. The van der Waals surface area contributed by atoms with Crippen molar-refractivity contribution in [1.29, 1.82) is 0 Å². The molecule has 0 aliphatic rings. The van der Waals surface area contributed by atoms with Crippen molar-refractivity contribution in [1.82, 2.24) is 4.57 Å². The number of nitrogens with two attached hydrogens (primary N) is 1. The van der Waals surface area contributed by atoms with Gasteiger partial charge in [0.25, 0.3) is 0 Å². The molecule has 92 valence electrons. The summed E-state index contributed by atoms with van der Waals surface area (Å²) in [5, 5.41) is 1.25. The first kappa shape index (κ1) is 12.0. The van der Waals surface area contributed by atoms with E-state index in [9.17, 15) is 0 Å². The minimum Gasteiger partial charge on any atom is -0.495 e. The Hall–Kier alpha value is -1.48. The van der Waals surface area contributed by atoms with Crippen LogP contribution in [0.15, 0.2) is 18.3 Å². The van der Waals surface area contributed by atoms with E-state index in [0.29, 0.717) is 0 Å². The smallest absolute Gasteiger partial charge is 0.143 e. The maximum absolute atomic E-state index is 5.89. The third kappa shape index (κ3) is 2.15. The van der Waals surface area contributed by atoms with E-state index in [1.807, 2.05) is 14.0 Å². The van der Waals surface area contributed by atoms with E-state index in [0.717, 1.165) is 17.7 Å². The van der Waals surface area contributed by atoms with Crippen LogP contribution in [0.2, 0.25) is 0 Å². The van der Waals surface area contributed by atoms with Crippen LogP contribution in [0, 0.1) is 6.92 Å². The summed E-state index contributed by atoms with van der Waals surface area (Å²) in [4.78, 5) is 0. The molecule has 2 N–H and O–H groups in total. The SMILES string of the molecule is COc1cc(C)cc2c(CC(C)N)cn(C)c12. The van der Waals surface area contributed by atoms with Crippen LogP contribution in [0.5, 0.6) is 5.75 Å². The van der Waals surface area contributed by atoms with Gasteiger partial charge in [-0.05, 0) is 43.5 Å². The van der Waals surface area contributed by atoms with Crippen LogP contribution in [-0.4, -0.2) is 17.7 Å². The van der Waals surface area contributed by atoms with Gasteiger partial charge in [-0.2, -0.15) is 0 Å². The zero-order valence-electron chi connectivity index (χ0n) is 10.9. The maximum atomic E-state index is 5.89. The fourth-order valence-electron chi connectivity index (χ4n) is 2.39. The van der Waals surface area contributed by atoms with Gasteiger partial charge in [-0.1, -0.05) is 0 Å². The third-order valence-corrected chi connectivity index (χ3v) is 3.03. The second kappa shape index (κ2) is 4.41. The van der Waals surface area contributed by atoms with Gasteiger partial charge in [0.15, 0.2) is 0 Å². The summed E-state index contributed by atoms with van der Waals surface area (Å²) in [6.45, 7) is 4.12. The van der Waals surface area contributed by atoms with Gasteiger partial charge < -0.3 is 15.0 Å². The summed E-state index contributed by atoms with van der Waals surface area (Å²) in [5.74, 6) is 0.929. The van der Waals surface area contributed by atoms with Gasteiger partial charge >= 0.3 is 0 Å². The van der Waals surface area contributed by atoms with E-state index < -0.39 is 0 Å². The zero-order chi connectivity index (χ0) is 12.6. The molecule has 17 heavy (non-hydrogen) atoms.